The van der Waals surface area contributed by atoms with Gasteiger partial charge in [-0.15, -0.1) is 0 Å². The molecule has 0 aliphatic rings. The molecular formula is C21H24N4O5S. The lowest BCUT2D eigenvalue weighted by molar-refractivity contribution is -0.131. The van der Waals surface area contributed by atoms with Gasteiger partial charge >= 0.3 is 0 Å². The maximum absolute atomic E-state index is 13.0. The van der Waals surface area contributed by atoms with Gasteiger partial charge in [-0.05, 0) is 19.1 Å². The number of carbonyl (C=O) groups excluding carboxylic acids is 1. The number of carbonyl (C=O) groups is 1. The molecule has 0 spiro atoms. The Labute approximate surface area is 181 Å². The molecule has 10 heteroatoms. The van der Waals surface area contributed by atoms with Crippen LogP contribution in [0.3, 0.4) is 0 Å². The third-order valence-corrected chi connectivity index (χ3v) is 5.86. The summed E-state index contributed by atoms with van der Waals surface area (Å²) in [5, 5.41) is 3.94. The van der Waals surface area contributed by atoms with E-state index in [1.165, 1.54) is 18.9 Å². The number of methoxy groups -OCH3 is 1. The van der Waals surface area contributed by atoms with E-state index in [1.807, 2.05) is 30.3 Å². The van der Waals surface area contributed by atoms with Crippen molar-refractivity contribution in [3.05, 3.63) is 60.5 Å². The van der Waals surface area contributed by atoms with Gasteiger partial charge < -0.3 is 14.2 Å². The predicted octanol–water partition coefficient (Wildman–Crippen LogP) is 2.56. The molecule has 0 N–H and O–H groups in total. The maximum Gasteiger partial charge on any atom is 0.246 e. The molecular weight excluding hydrogens is 420 g/mol. The Morgan fingerprint density at radius 2 is 1.87 bits per heavy atom. The molecule has 1 amide bonds. The average molecular weight is 445 g/mol. The number of likely N-dealkylation sites (N-methyl/N-ethyl adjacent to an activating group) is 1. The van der Waals surface area contributed by atoms with E-state index in [0.29, 0.717) is 17.3 Å². The standard InChI is InChI=1S/C21H24N4O5S/c1-15(25(31(4,27)28)17-11-8-12-18(13-17)29-3)21(26)24(2)14-19-22-20(23-30-19)16-9-6-5-7-10-16/h5-13,15H,14H2,1-4H3/t15-/m0/s1. The van der Waals surface area contributed by atoms with Gasteiger partial charge in [0.25, 0.3) is 0 Å². The number of nitrogens with zero attached hydrogens (tertiary/aromatic N) is 4. The number of aromatic nitrogens is 2. The zero-order chi connectivity index (χ0) is 22.6. The largest absolute Gasteiger partial charge is 0.497 e. The van der Waals surface area contributed by atoms with Gasteiger partial charge in [0.15, 0.2) is 0 Å². The highest BCUT2D eigenvalue weighted by Gasteiger charge is 2.31. The van der Waals surface area contributed by atoms with Gasteiger partial charge in [0.1, 0.15) is 11.8 Å². The van der Waals surface area contributed by atoms with Gasteiger partial charge in [-0.2, -0.15) is 4.98 Å². The van der Waals surface area contributed by atoms with E-state index in [9.17, 15) is 13.2 Å². The van der Waals surface area contributed by atoms with Gasteiger partial charge in [0, 0.05) is 18.7 Å². The number of rotatable bonds is 8. The molecule has 2 aromatic carbocycles. The van der Waals surface area contributed by atoms with Crippen molar-refractivity contribution >= 4 is 21.6 Å². The molecule has 0 saturated heterocycles. The van der Waals surface area contributed by atoms with Gasteiger partial charge in [-0.3, -0.25) is 9.10 Å². The van der Waals surface area contributed by atoms with Crippen molar-refractivity contribution in [2.75, 3.05) is 24.7 Å². The second-order valence-corrected chi connectivity index (χ2v) is 8.87. The fourth-order valence-corrected chi connectivity index (χ4v) is 4.33. The van der Waals surface area contributed by atoms with Crippen LogP contribution in [-0.4, -0.2) is 55.8 Å². The second kappa shape index (κ2) is 9.17. The lowest BCUT2D eigenvalue weighted by Crippen LogP contribution is -2.48. The van der Waals surface area contributed by atoms with Crippen LogP contribution in [0.2, 0.25) is 0 Å². The molecule has 0 unspecified atom stereocenters. The molecule has 0 saturated carbocycles. The minimum atomic E-state index is -3.75. The van der Waals surface area contributed by atoms with Crippen LogP contribution in [0.5, 0.6) is 5.75 Å². The first kappa shape index (κ1) is 22.3. The minimum absolute atomic E-state index is 0.0404. The Morgan fingerprint density at radius 1 is 1.16 bits per heavy atom. The number of ether oxygens (including phenoxy) is 1. The molecule has 0 aliphatic carbocycles. The summed E-state index contributed by atoms with van der Waals surface area (Å²) in [5.74, 6) is 0.721. The van der Waals surface area contributed by atoms with Gasteiger partial charge in [-0.1, -0.05) is 41.6 Å². The summed E-state index contributed by atoms with van der Waals surface area (Å²) < 4.78 is 36.5. The molecule has 0 aliphatic heterocycles. The maximum atomic E-state index is 13.0. The third kappa shape index (κ3) is 5.21. The fourth-order valence-electron chi connectivity index (χ4n) is 3.17. The van der Waals surface area contributed by atoms with Crippen LogP contribution in [0.25, 0.3) is 11.4 Å². The lowest BCUT2D eigenvalue weighted by atomic mass is 10.2. The highest BCUT2D eigenvalue weighted by molar-refractivity contribution is 7.92. The molecule has 164 valence electrons. The van der Waals surface area contributed by atoms with Gasteiger partial charge in [0.2, 0.25) is 27.6 Å². The predicted molar refractivity (Wildman–Crippen MR) is 116 cm³/mol. The monoisotopic (exact) mass is 444 g/mol. The molecule has 0 fully saturated rings. The zero-order valence-corrected chi connectivity index (χ0v) is 18.5. The minimum Gasteiger partial charge on any atom is -0.497 e. The Bertz CT molecular complexity index is 1150. The summed E-state index contributed by atoms with van der Waals surface area (Å²) in [4.78, 5) is 18.7. The van der Waals surface area contributed by atoms with Crippen molar-refractivity contribution in [3.8, 4) is 17.1 Å². The van der Waals surface area contributed by atoms with Crippen LogP contribution in [0, 0.1) is 0 Å². The van der Waals surface area contributed by atoms with E-state index in [4.69, 9.17) is 9.26 Å². The van der Waals surface area contributed by atoms with Crippen molar-refractivity contribution in [1.82, 2.24) is 15.0 Å². The smallest absolute Gasteiger partial charge is 0.246 e. The van der Waals surface area contributed by atoms with Crippen molar-refractivity contribution in [2.24, 2.45) is 0 Å². The first-order valence-corrected chi connectivity index (χ1v) is 11.3. The first-order chi connectivity index (χ1) is 14.7. The Kier molecular flexibility index (Phi) is 6.59. The molecule has 1 atom stereocenters. The number of sulfonamides is 1. The lowest BCUT2D eigenvalue weighted by Gasteiger charge is -2.30. The summed E-state index contributed by atoms with van der Waals surface area (Å²) >= 11 is 0. The Morgan fingerprint density at radius 3 is 2.52 bits per heavy atom. The topological polar surface area (TPSA) is 106 Å². The van der Waals surface area contributed by atoms with Crippen molar-refractivity contribution in [1.29, 1.82) is 0 Å². The van der Waals surface area contributed by atoms with Crippen LogP contribution in [0.4, 0.5) is 5.69 Å². The van der Waals surface area contributed by atoms with Crippen molar-refractivity contribution < 1.29 is 22.5 Å². The summed E-state index contributed by atoms with van der Waals surface area (Å²) in [5.41, 5.74) is 1.13. The summed E-state index contributed by atoms with van der Waals surface area (Å²) in [7, 11) is -0.707. The second-order valence-electron chi connectivity index (χ2n) is 7.01. The number of anilines is 1. The summed E-state index contributed by atoms with van der Waals surface area (Å²) in [6.07, 6.45) is 1.06. The Hall–Kier alpha value is -3.40. The quantitative estimate of drug-likeness (QED) is 0.526. The van der Waals surface area contributed by atoms with Crippen molar-refractivity contribution in [3.63, 3.8) is 0 Å². The zero-order valence-electron chi connectivity index (χ0n) is 17.7. The van der Waals surface area contributed by atoms with Crippen LogP contribution < -0.4 is 9.04 Å². The summed E-state index contributed by atoms with van der Waals surface area (Å²) in [6.45, 7) is 1.57. The molecule has 3 rings (SSSR count). The molecule has 1 aromatic heterocycles. The van der Waals surface area contributed by atoms with E-state index in [2.05, 4.69) is 10.1 Å². The fraction of sp³-hybridized carbons (Fsp3) is 0.286. The number of benzene rings is 2. The molecule has 1 heterocycles. The average Bonchev–Trinajstić information content (AvgIpc) is 3.21. The first-order valence-electron chi connectivity index (χ1n) is 9.47. The van der Waals surface area contributed by atoms with Crippen LogP contribution >= 0.6 is 0 Å². The van der Waals surface area contributed by atoms with Crippen molar-refractivity contribution in [2.45, 2.75) is 19.5 Å². The number of hydrogen-bond donors (Lipinski definition) is 0. The van der Waals surface area contributed by atoms with Crippen LogP contribution in [0.1, 0.15) is 12.8 Å². The molecule has 31 heavy (non-hydrogen) atoms. The summed E-state index contributed by atoms with van der Waals surface area (Å²) in [6, 6.07) is 14.8. The van der Waals surface area contributed by atoms with Crippen LogP contribution in [0.15, 0.2) is 59.1 Å². The van der Waals surface area contributed by atoms with Gasteiger partial charge in [-0.25, -0.2) is 8.42 Å². The van der Waals surface area contributed by atoms with Gasteiger partial charge in [0.05, 0.1) is 25.6 Å². The number of amides is 1. The molecule has 3 aromatic rings. The normalized spacial score (nSPS) is 12.3. The van der Waals surface area contributed by atoms with E-state index in [1.54, 1.807) is 31.3 Å². The molecule has 0 bridgehead atoms. The molecule has 9 nitrogen and oxygen atoms in total. The van der Waals surface area contributed by atoms with Crippen LogP contribution in [-0.2, 0) is 21.4 Å². The Balaban J connectivity index is 1.79. The van der Waals surface area contributed by atoms with E-state index >= 15 is 0 Å². The number of hydrogen-bond acceptors (Lipinski definition) is 7. The third-order valence-electron chi connectivity index (χ3n) is 4.62. The van der Waals surface area contributed by atoms with E-state index in [-0.39, 0.29) is 12.4 Å². The van der Waals surface area contributed by atoms with E-state index < -0.39 is 22.0 Å². The molecule has 0 radical (unpaired) electrons. The highest BCUT2D eigenvalue weighted by atomic mass is 32.2. The SMILES string of the molecule is COc1cccc(N([C@@H](C)C(=O)N(C)Cc2nc(-c3ccccc3)no2)S(C)(=O)=O)c1. The van der Waals surface area contributed by atoms with E-state index in [0.717, 1.165) is 16.1 Å². The highest BCUT2D eigenvalue weighted by Crippen LogP contribution is 2.26.